The second-order valence-electron chi connectivity index (χ2n) is 4.06. The van der Waals surface area contributed by atoms with Crippen molar-refractivity contribution in [2.75, 3.05) is 17.7 Å². The number of hydrogen-bond acceptors (Lipinski definition) is 3. The number of carbonyl (C=O) groups excluding carboxylic acids is 1. The van der Waals surface area contributed by atoms with E-state index in [9.17, 15) is 4.79 Å². The van der Waals surface area contributed by atoms with Gasteiger partial charge in [-0.2, -0.15) is 0 Å². The Morgan fingerprint density at radius 2 is 2.16 bits per heavy atom. The molecule has 1 amide bonds. The minimum absolute atomic E-state index is 0.0183. The van der Waals surface area contributed by atoms with Crippen molar-refractivity contribution in [1.82, 2.24) is 0 Å². The molecule has 0 radical (unpaired) electrons. The summed E-state index contributed by atoms with van der Waals surface area (Å²) in [5.74, 6) is 0.543. The van der Waals surface area contributed by atoms with E-state index in [2.05, 4.69) is 10.6 Å². The average Bonchev–Trinajstić information content (AvgIpc) is 2.37. The molecule has 0 saturated carbocycles. The molecule has 0 heterocycles. The van der Waals surface area contributed by atoms with Crippen LogP contribution in [0.5, 0.6) is 5.75 Å². The Hall–Kier alpha value is -1.82. The maximum atomic E-state index is 11.7. The van der Waals surface area contributed by atoms with E-state index in [0.29, 0.717) is 17.9 Å². The molecule has 0 saturated heterocycles. The minimum atomic E-state index is -0.0183. The third-order valence-corrected chi connectivity index (χ3v) is 2.60. The fourth-order valence-corrected chi connectivity index (χ4v) is 1.68. The molecule has 0 unspecified atom stereocenters. The maximum absolute atomic E-state index is 11.7. The SMILES string of the molecule is CCCCC(=O)Nc1ccc(NC(N)=S)cc1OC. The molecule has 104 valence electrons. The summed E-state index contributed by atoms with van der Waals surface area (Å²) in [5.41, 5.74) is 6.75. The summed E-state index contributed by atoms with van der Waals surface area (Å²) in [6.07, 6.45) is 2.36. The van der Waals surface area contributed by atoms with Gasteiger partial charge in [-0.05, 0) is 30.8 Å². The lowest BCUT2D eigenvalue weighted by atomic mass is 10.2. The Labute approximate surface area is 118 Å². The number of rotatable bonds is 6. The second-order valence-corrected chi connectivity index (χ2v) is 4.50. The van der Waals surface area contributed by atoms with Crippen molar-refractivity contribution in [1.29, 1.82) is 0 Å². The number of methoxy groups -OCH3 is 1. The number of ether oxygens (including phenoxy) is 1. The van der Waals surface area contributed by atoms with Crippen LogP contribution in [0.3, 0.4) is 0 Å². The Kier molecular flexibility index (Phi) is 6.08. The van der Waals surface area contributed by atoms with Crippen molar-refractivity contribution in [2.24, 2.45) is 5.73 Å². The highest BCUT2D eigenvalue weighted by Gasteiger charge is 2.08. The van der Waals surface area contributed by atoms with Gasteiger partial charge >= 0.3 is 0 Å². The van der Waals surface area contributed by atoms with Crippen LogP contribution in [0.1, 0.15) is 26.2 Å². The molecular weight excluding hydrogens is 262 g/mol. The van der Waals surface area contributed by atoms with Gasteiger partial charge < -0.3 is 21.1 Å². The van der Waals surface area contributed by atoms with Crippen molar-refractivity contribution in [3.05, 3.63) is 18.2 Å². The molecule has 0 spiro atoms. The highest BCUT2D eigenvalue weighted by molar-refractivity contribution is 7.80. The fraction of sp³-hybridized carbons (Fsp3) is 0.385. The third kappa shape index (κ3) is 5.13. The van der Waals surface area contributed by atoms with Crippen LogP contribution in [0.2, 0.25) is 0 Å². The van der Waals surface area contributed by atoms with Gasteiger partial charge in [0.1, 0.15) is 5.75 Å². The molecular formula is C13H19N3O2S. The number of nitrogens with one attached hydrogen (secondary N) is 2. The van der Waals surface area contributed by atoms with E-state index >= 15 is 0 Å². The number of anilines is 2. The molecule has 5 nitrogen and oxygen atoms in total. The Bertz CT molecular complexity index is 463. The monoisotopic (exact) mass is 281 g/mol. The molecule has 0 aromatic heterocycles. The molecule has 1 aromatic rings. The summed E-state index contributed by atoms with van der Waals surface area (Å²) < 4.78 is 5.23. The molecule has 0 aliphatic heterocycles. The Balaban J connectivity index is 2.78. The van der Waals surface area contributed by atoms with Crippen molar-refractivity contribution >= 4 is 34.6 Å². The number of amides is 1. The number of benzene rings is 1. The van der Waals surface area contributed by atoms with Crippen LogP contribution in [-0.2, 0) is 4.79 Å². The van der Waals surface area contributed by atoms with Crippen LogP contribution in [-0.4, -0.2) is 18.1 Å². The average molecular weight is 281 g/mol. The first-order valence-corrected chi connectivity index (χ1v) is 6.52. The topological polar surface area (TPSA) is 76.4 Å². The zero-order chi connectivity index (χ0) is 14.3. The van der Waals surface area contributed by atoms with Crippen LogP contribution in [0.4, 0.5) is 11.4 Å². The van der Waals surface area contributed by atoms with E-state index < -0.39 is 0 Å². The van der Waals surface area contributed by atoms with E-state index in [1.165, 1.54) is 0 Å². The van der Waals surface area contributed by atoms with Crippen molar-refractivity contribution in [3.63, 3.8) is 0 Å². The largest absolute Gasteiger partial charge is 0.494 e. The number of thiocarbonyl (C=S) groups is 1. The summed E-state index contributed by atoms with van der Waals surface area (Å²) in [4.78, 5) is 11.7. The van der Waals surface area contributed by atoms with E-state index in [0.717, 1.165) is 18.5 Å². The third-order valence-electron chi connectivity index (χ3n) is 2.50. The zero-order valence-corrected chi connectivity index (χ0v) is 12.0. The first-order valence-electron chi connectivity index (χ1n) is 6.11. The lowest BCUT2D eigenvalue weighted by Crippen LogP contribution is -2.19. The summed E-state index contributed by atoms with van der Waals surface area (Å²) in [5, 5.41) is 5.81. The van der Waals surface area contributed by atoms with E-state index in [1.807, 2.05) is 6.92 Å². The van der Waals surface area contributed by atoms with E-state index in [1.54, 1.807) is 25.3 Å². The fourth-order valence-electron chi connectivity index (χ4n) is 1.56. The molecule has 4 N–H and O–H groups in total. The van der Waals surface area contributed by atoms with Crippen LogP contribution in [0, 0.1) is 0 Å². The predicted octanol–water partition coefficient (Wildman–Crippen LogP) is 2.48. The number of carbonyl (C=O) groups is 1. The lowest BCUT2D eigenvalue weighted by molar-refractivity contribution is -0.116. The first-order chi connectivity index (χ1) is 9.06. The van der Waals surface area contributed by atoms with Gasteiger partial charge in [0.2, 0.25) is 5.91 Å². The number of unbranched alkanes of at least 4 members (excludes halogenated alkanes) is 1. The minimum Gasteiger partial charge on any atom is -0.494 e. The molecule has 1 aromatic carbocycles. The van der Waals surface area contributed by atoms with Gasteiger partial charge in [0.05, 0.1) is 12.8 Å². The normalized spacial score (nSPS) is 9.79. The van der Waals surface area contributed by atoms with Crippen LogP contribution in [0.15, 0.2) is 18.2 Å². The molecule has 0 fully saturated rings. The summed E-state index contributed by atoms with van der Waals surface area (Å²) in [6.45, 7) is 2.05. The van der Waals surface area contributed by atoms with Gasteiger partial charge in [-0.25, -0.2) is 0 Å². The molecule has 19 heavy (non-hydrogen) atoms. The van der Waals surface area contributed by atoms with Crippen molar-refractivity contribution in [2.45, 2.75) is 26.2 Å². The molecule has 0 bridgehead atoms. The highest BCUT2D eigenvalue weighted by atomic mass is 32.1. The highest BCUT2D eigenvalue weighted by Crippen LogP contribution is 2.28. The van der Waals surface area contributed by atoms with Gasteiger partial charge in [-0.15, -0.1) is 0 Å². The zero-order valence-electron chi connectivity index (χ0n) is 11.2. The molecule has 0 aliphatic rings. The smallest absolute Gasteiger partial charge is 0.224 e. The van der Waals surface area contributed by atoms with Gasteiger partial charge in [0.15, 0.2) is 5.11 Å². The van der Waals surface area contributed by atoms with Gasteiger partial charge in [-0.1, -0.05) is 13.3 Å². The van der Waals surface area contributed by atoms with Crippen molar-refractivity contribution < 1.29 is 9.53 Å². The maximum Gasteiger partial charge on any atom is 0.224 e. The van der Waals surface area contributed by atoms with E-state index in [4.69, 9.17) is 22.7 Å². The van der Waals surface area contributed by atoms with Crippen LogP contribution >= 0.6 is 12.2 Å². The predicted molar refractivity (Wildman–Crippen MR) is 81.6 cm³/mol. The summed E-state index contributed by atoms with van der Waals surface area (Å²) in [7, 11) is 1.54. The standard InChI is InChI=1S/C13H19N3O2S/c1-3-4-5-12(17)16-10-7-6-9(15-13(14)19)8-11(10)18-2/h6-8H,3-5H2,1-2H3,(H,16,17)(H3,14,15,19). The summed E-state index contributed by atoms with van der Waals surface area (Å²) in [6, 6.07) is 5.26. The number of nitrogens with two attached hydrogens (primary N) is 1. The second kappa shape index (κ2) is 7.58. The van der Waals surface area contributed by atoms with Gasteiger partial charge in [-0.3, -0.25) is 4.79 Å². The Morgan fingerprint density at radius 1 is 1.42 bits per heavy atom. The molecule has 6 heteroatoms. The van der Waals surface area contributed by atoms with Crippen LogP contribution in [0.25, 0.3) is 0 Å². The first kappa shape index (κ1) is 15.2. The van der Waals surface area contributed by atoms with Gasteiger partial charge in [0.25, 0.3) is 0 Å². The lowest BCUT2D eigenvalue weighted by Gasteiger charge is -2.12. The Morgan fingerprint density at radius 3 is 2.74 bits per heavy atom. The van der Waals surface area contributed by atoms with Gasteiger partial charge in [0, 0.05) is 18.2 Å². The van der Waals surface area contributed by atoms with E-state index in [-0.39, 0.29) is 11.0 Å². The van der Waals surface area contributed by atoms with Crippen LogP contribution < -0.4 is 21.1 Å². The molecule has 1 rings (SSSR count). The molecule has 0 atom stereocenters. The quantitative estimate of drug-likeness (QED) is 0.698. The summed E-state index contributed by atoms with van der Waals surface area (Å²) >= 11 is 4.76. The van der Waals surface area contributed by atoms with Crippen molar-refractivity contribution in [3.8, 4) is 5.75 Å². The molecule has 0 aliphatic carbocycles. The number of hydrogen-bond donors (Lipinski definition) is 3.